The highest BCUT2D eigenvalue weighted by Crippen LogP contribution is 2.18. The van der Waals surface area contributed by atoms with Crippen LogP contribution in [-0.4, -0.2) is 82.4 Å². The highest BCUT2D eigenvalue weighted by atomic mass is 35.5. The minimum absolute atomic E-state index is 0.0480. The number of nitrogens with one attached hydrogen (secondary N) is 1. The van der Waals surface area contributed by atoms with Crippen LogP contribution in [0.4, 0.5) is 4.79 Å². The van der Waals surface area contributed by atoms with Crippen LogP contribution >= 0.6 is 11.6 Å². The smallest absolute Gasteiger partial charge is 0.409 e. The average Bonchev–Trinajstić information content (AvgIpc) is 2.83. The summed E-state index contributed by atoms with van der Waals surface area (Å²) in [7, 11) is 0. The summed E-state index contributed by atoms with van der Waals surface area (Å²) in [5, 5.41) is 2.58. The third-order valence-corrected chi connectivity index (χ3v) is 5.28. The fourth-order valence-electron chi connectivity index (χ4n) is 3.43. The molecule has 4 amide bonds. The van der Waals surface area contributed by atoms with Gasteiger partial charge < -0.3 is 25.6 Å². The number of aromatic nitrogens is 2. The second-order valence-electron chi connectivity index (χ2n) is 7.47. The lowest BCUT2D eigenvalue weighted by molar-refractivity contribution is -0.136. The van der Waals surface area contributed by atoms with Gasteiger partial charge in [-0.2, -0.15) is 0 Å². The molecule has 3 rings (SSSR count). The van der Waals surface area contributed by atoms with Crippen molar-refractivity contribution in [2.45, 2.75) is 19.4 Å². The van der Waals surface area contributed by atoms with Crippen molar-refractivity contribution in [1.82, 2.24) is 25.1 Å². The molecule has 1 fully saturated rings. The van der Waals surface area contributed by atoms with E-state index in [0.29, 0.717) is 5.56 Å². The number of halogens is 1. The molecule has 0 saturated carbocycles. The van der Waals surface area contributed by atoms with Crippen LogP contribution < -0.4 is 11.1 Å². The van der Waals surface area contributed by atoms with Crippen LogP contribution in [0.5, 0.6) is 0 Å². The van der Waals surface area contributed by atoms with Crippen LogP contribution in [0.3, 0.4) is 0 Å². The minimum atomic E-state index is -1.20. The molecule has 1 saturated heterocycles. The van der Waals surface area contributed by atoms with E-state index in [0.717, 1.165) is 0 Å². The fraction of sp³-hybridized carbons (Fsp3) is 0.364. The van der Waals surface area contributed by atoms with Crippen LogP contribution in [-0.2, 0) is 14.3 Å². The van der Waals surface area contributed by atoms with Gasteiger partial charge in [-0.1, -0.05) is 41.9 Å². The lowest BCUT2D eigenvalue weighted by Crippen LogP contribution is -2.56. The molecule has 1 aliphatic rings. The maximum Gasteiger partial charge on any atom is 0.409 e. The third kappa shape index (κ3) is 6.41. The van der Waals surface area contributed by atoms with Gasteiger partial charge in [0.05, 0.1) is 13.0 Å². The van der Waals surface area contributed by atoms with E-state index >= 15 is 0 Å². The van der Waals surface area contributed by atoms with Gasteiger partial charge in [0.15, 0.2) is 5.82 Å². The first-order valence-electron chi connectivity index (χ1n) is 10.7. The van der Waals surface area contributed by atoms with Crippen LogP contribution in [0.2, 0.25) is 5.15 Å². The van der Waals surface area contributed by atoms with Crippen molar-refractivity contribution in [2.24, 2.45) is 5.73 Å². The Morgan fingerprint density at radius 3 is 2.35 bits per heavy atom. The summed E-state index contributed by atoms with van der Waals surface area (Å²) >= 11 is 6.09. The Balaban J connectivity index is 1.72. The molecule has 0 spiro atoms. The van der Waals surface area contributed by atoms with Gasteiger partial charge in [0.2, 0.25) is 11.8 Å². The highest BCUT2D eigenvalue weighted by Gasteiger charge is 2.32. The maximum atomic E-state index is 13.1. The molecule has 2 aromatic rings. The zero-order valence-electron chi connectivity index (χ0n) is 18.6. The number of benzene rings is 1. The van der Waals surface area contributed by atoms with E-state index in [4.69, 9.17) is 22.1 Å². The Morgan fingerprint density at radius 2 is 1.74 bits per heavy atom. The molecule has 2 heterocycles. The van der Waals surface area contributed by atoms with Crippen molar-refractivity contribution in [3.63, 3.8) is 0 Å². The van der Waals surface area contributed by atoms with Crippen molar-refractivity contribution < 1.29 is 23.9 Å². The maximum absolute atomic E-state index is 13.1. The zero-order chi connectivity index (χ0) is 24.7. The topological polar surface area (TPSA) is 148 Å². The van der Waals surface area contributed by atoms with Gasteiger partial charge in [0.25, 0.3) is 5.91 Å². The SMILES string of the molecule is CCOC(=O)N1CCN(C(=O)[C@H](CC(N)=O)NC(=O)c2cc(Cl)nc(-c3ccccc3)n2)CC1. The second-order valence-corrected chi connectivity index (χ2v) is 7.86. The van der Waals surface area contributed by atoms with Crippen LogP contribution in [0.1, 0.15) is 23.8 Å². The number of rotatable bonds is 7. The molecule has 1 aromatic heterocycles. The van der Waals surface area contributed by atoms with Crippen molar-refractivity contribution in [1.29, 1.82) is 0 Å². The van der Waals surface area contributed by atoms with E-state index < -0.39 is 36.3 Å². The molecule has 0 radical (unpaired) electrons. The highest BCUT2D eigenvalue weighted by molar-refractivity contribution is 6.29. The lowest BCUT2D eigenvalue weighted by atomic mass is 10.1. The van der Waals surface area contributed by atoms with Gasteiger partial charge >= 0.3 is 6.09 Å². The predicted molar refractivity (Wildman–Crippen MR) is 123 cm³/mol. The number of piperazine rings is 1. The summed E-state index contributed by atoms with van der Waals surface area (Å²) in [5.41, 5.74) is 5.91. The minimum Gasteiger partial charge on any atom is -0.450 e. The van der Waals surface area contributed by atoms with Crippen molar-refractivity contribution in [2.75, 3.05) is 32.8 Å². The number of primary amides is 1. The fourth-order valence-corrected chi connectivity index (χ4v) is 3.61. The first kappa shape index (κ1) is 24.9. The number of amides is 4. The molecule has 1 aliphatic heterocycles. The molecule has 0 unspecified atom stereocenters. The van der Waals surface area contributed by atoms with Gasteiger partial charge in [-0.15, -0.1) is 0 Å². The molecule has 1 atom stereocenters. The molecule has 0 aliphatic carbocycles. The van der Waals surface area contributed by atoms with Gasteiger partial charge in [-0.3, -0.25) is 14.4 Å². The Kier molecular flexibility index (Phi) is 8.36. The van der Waals surface area contributed by atoms with Crippen LogP contribution in [0.25, 0.3) is 11.4 Å². The van der Waals surface area contributed by atoms with Gasteiger partial charge in [0, 0.05) is 37.8 Å². The number of ether oxygens (including phenoxy) is 1. The molecular formula is C22H25ClN6O5. The van der Waals surface area contributed by atoms with Crippen LogP contribution in [0.15, 0.2) is 36.4 Å². The summed E-state index contributed by atoms with van der Waals surface area (Å²) in [4.78, 5) is 60.8. The first-order chi connectivity index (χ1) is 16.3. The largest absolute Gasteiger partial charge is 0.450 e. The zero-order valence-corrected chi connectivity index (χ0v) is 19.3. The van der Waals surface area contributed by atoms with E-state index in [1.807, 2.05) is 6.07 Å². The van der Waals surface area contributed by atoms with Gasteiger partial charge in [-0.25, -0.2) is 14.8 Å². The molecule has 11 nitrogen and oxygen atoms in total. The Labute approximate surface area is 201 Å². The number of carbonyl (C=O) groups excluding carboxylic acids is 4. The Morgan fingerprint density at radius 1 is 1.09 bits per heavy atom. The van der Waals surface area contributed by atoms with Gasteiger partial charge in [0.1, 0.15) is 16.9 Å². The Hall–Kier alpha value is -3.73. The number of nitrogens with zero attached hydrogens (tertiary/aromatic N) is 4. The summed E-state index contributed by atoms with van der Waals surface area (Å²) in [5.74, 6) is -1.70. The number of carbonyl (C=O) groups is 4. The molecule has 1 aromatic carbocycles. The molecule has 180 valence electrons. The monoisotopic (exact) mass is 488 g/mol. The quantitative estimate of drug-likeness (QED) is 0.554. The van der Waals surface area contributed by atoms with E-state index in [1.54, 1.807) is 31.2 Å². The summed E-state index contributed by atoms with van der Waals surface area (Å²) in [6.07, 6.45) is -0.848. The van der Waals surface area contributed by atoms with Crippen LogP contribution in [0, 0.1) is 0 Å². The standard InChI is InChI=1S/C22H25ClN6O5/c1-2-34-22(33)29-10-8-28(9-11-29)21(32)16(13-18(24)30)26-20(31)15-12-17(23)27-19(25-15)14-6-4-3-5-7-14/h3-7,12,16H,2,8-11,13H2,1H3,(H2,24,30)(H,26,31)/t16-/m0/s1. The van der Waals surface area contributed by atoms with Gasteiger partial charge in [-0.05, 0) is 6.92 Å². The lowest BCUT2D eigenvalue weighted by Gasteiger charge is -2.35. The molecule has 12 heteroatoms. The Bertz CT molecular complexity index is 1060. The molecule has 0 bridgehead atoms. The average molecular weight is 489 g/mol. The molecular weight excluding hydrogens is 464 g/mol. The third-order valence-electron chi connectivity index (χ3n) is 5.09. The predicted octanol–water partition coefficient (Wildman–Crippen LogP) is 1.07. The number of nitrogens with two attached hydrogens (primary N) is 1. The second kappa shape index (κ2) is 11.4. The van der Waals surface area contributed by atoms with Crippen molar-refractivity contribution >= 4 is 35.4 Å². The van der Waals surface area contributed by atoms with E-state index in [9.17, 15) is 19.2 Å². The van der Waals surface area contributed by atoms with Crippen molar-refractivity contribution in [3.05, 3.63) is 47.2 Å². The summed E-state index contributed by atoms with van der Waals surface area (Å²) in [6, 6.07) is 9.02. The van der Waals surface area contributed by atoms with E-state index in [2.05, 4.69) is 15.3 Å². The number of hydrogen-bond donors (Lipinski definition) is 2. The molecule has 3 N–H and O–H groups in total. The van der Waals surface area contributed by atoms with Crippen molar-refractivity contribution in [3.8, 4) is 11.4 Å². The normalized spacial score (nSPS) is 14.3. The molecule has 34 heavy (non-hydrogen) atoms. The van der Waals surface area contributed by atoms with E-state index in [-0.39, 0.29) is 49.5 Å². The number of hydrogen-bond acceptors (Lipinski definition) is 7. The summed E-state index contributed by atoms with van der Waals surface area (Å²) < 4.78 is 4.97. The summed E-state index contributed by atoms with van der Waals surface area (Å²) in [6.45, 7) is 2.94. The first-order valence-corrected chi connectivity index (χ1v) is 11.1. The van der Waals surface area contributed by atoms with E-state index in [1.165, 1.54) is 15.9 Å².